The van der Waals surface area contributed by atoms with E-state index < -0.39 is 0 Å². The summed E-state index contributed by atoms with van der Waals surface area (Å²) >= 11 is 0. The number of aryl methyl sites for hydroxylation is 1. The fourth-order valence-electron chi connectivity index (χ4n) is 3.46. The molecule has 0 fully saturated rings. The smallest absolute Gasteiger partial charge is 0.0648 e. The molecule has 0 aliphatic carbocycles. The highest BCUT2D eigenvalue weighted by molar-refractivity contribution is 5.79. The van der Waals surface area contributed by atoms with Crippen molar-refractivity contribution in [3.63, 3.8) is 0 Å². The Balaban J connectivity index is 1.54. The van der Waals surface area contributed by atoms with Crippen LogP contribution in [0.25, 0.3) is 16.6 Å². The molecule has 3 heterocycles. The van der Waals surface area contributed by atoms with Gasteiger partial charge in [-0.15, -0.1) is 0 Å². The Kier molecular flexibility index (Phi) is 4.31. The van der Waals surface area contributed by atoms with Crippen LogP contribution in [0, 0.1) is 13.8 Å². The van der Waals surface area contributed by atoms with Crippen LogP contribution in [-0.2, 0) is 13.1 Å². The summed E-state index contributed by atoms with van der Waals surface area (Å²) in [5.74, 6) is 0. The van der Waals surface area contributed by atoms with Crippen LogP contribution in [-0.4, -0.2) is 31.7 Å². The summed E-state index contributed by atoms with van der Waals surface area (Å²) in [4.78, 5) is 9.96. The van der Waals surface area contributed by atoms with Crippen LogP contribution in [0.3, 0.4) is 0 Å². The van der Waals surface area contributed by atoms with Crippen LogP contribution in [0.5, 0.6) is 0 Å². The Morgan fingerprint density at radius 3 is 2.65 bits per heavy atom. The van der Waals surface area contributed by atoms with Gasteiger partial charge in [0.2, 0.25) is 0 Å². The van der Waals surface area contributed by atoms with Crippen LogP contribution in [0.2, 0.25) is 0 Å². The standard InChI is InChI=1S/C21H23N5/c1-15-20(16(2)26(24-15)19-7-5-4-6-8-19)14-25(3)13-18-11-17-12-22-10-9-21(17)23-18/h4-12,23H,13-14H2,1-3H3. The van der Waals surface area contributed by atoms with Gasteiger partial charge in [0.25, 0.3) is 0 Å². The number of nitrogens with one attached hydrogen (secondary N) is 1. The van der Waals surface area contributed by atoms with Crippen molar-refractivity contribution in [1.29, 1.82) is 0 Å². The molecule has 4 rings (SSSR count). The number of hydrogen-bond donors (Lipinski definition) is 1. The second-order valence-corrected chi connectivity index (χ2v) is 6.83. The third kappa shape index (κ3) is 3.13. The highest BCUT2D eigenvalue weighted by Gasteiger charge is 2.15. The third-order valence-electron chi connectivity index (χ3n) is 4.79. The van der Waals surface area contributed by atoms with E-state index in [1.165, 1.54) is 17.0 Å². The summed E-state index contributed by atoms with van der Waals surface area (Å²) < 4.78 is 2.03. The molecule has 0 radical (unpaired) electrons. The third-order valence-corrected chi connectivity index (χ3v) is 4.79. The van der Waals surface area contributed by atoms with E-state index in [1.807, 2.05) is 41.3 Å². The van der Waals surface area contributed by atoms with Crippen molar-refractivity contribution in [2.45, 2.75) is 26.9 Å². The summed E-state index contributed by atoms with van der Waals surface area (Å²) in [5.41, 5.74) is 6.99. The van der Waals surface area contributed by atoms with E-state index in [0.717, 1.165) is 35.4 Å². The van der Waals surface area contributed by atoms with Gasteiger partial charge in [0.15, 0.2) is 0 Å². The van der Waals surface area contributed by atoms with Crippen LogP contribution in [0.15, 0.2) is 54.9 Å². The SMILES string of the molecule is Cc1nn(-c2ccccc2)c(C)c1CN(C)Cc1cc2cnccc2[nH]1. The normalized spacial score (nSPS) is 11.5. The van der Waals surface area contributed by atoms with E-state index in [-0.39, 0.29) is 0 Å². The molecule has 5 nitrogen and oxygen atoms in total. The minimum absolute atomic E-state index is 0.851. The second-order valence-electron chi connectivity index (χ2n) is 6.83. The lowest BCUT2D eigenvalue weighted by Crippen LogP contribution is -2.18. The second kappa shape index (κ2) is 6.77. The first-order valence-corrected chi connectivity index (χ1v) is 8.82. The lowest BCUT2D eigenvalue weighted by molar-refractivity contribution is 0.314. The van der Waals surface area contributed by atoms with Crippen molar-refractivity contribution in [3.05, 3.63) is 77.5 Å². The molecule has 132 valence electrons. The molecule has 26 heavy (non-hydrogen) atoms. The lowest BCUT2D eigenvalue weighted by atomic mass is 10.2. The summed E-state index contributed by atoms with van der Waals surface area (Å²) in [6.07, 6.45) is 3.71. The van der Waals surface area contributed by atoms with Gasteiger partial charge in [0, 0.05) is 53.3 Å². The number of para-hydroxylation sites is 1. The van der Waals surface area contributed by atoms with Gasteiger partial charge in [0.05, 0.1) is 11.4 Å². The molecular weight excluding hydrogens is 322 g/mol. The van der Waals surface area contributed by atoms with Crippen molar-refractivity contribution in [2.24, 2.45) is 0 Å². The summed E-state index contributed by atoms with van der Waals surface area (Å²) in [6, 6.07) is 14.5. The molecule has 0 amide bonds. The van der Waals surface area contributed by atoms with E-state index in [2.05, 4.69) is 54.0 Å². The van der Waals surface area contributed by atoms with Gasteiger partial charge in [-0.1, -0.05) is 18.2 Å². The van der Waals surface area contributed by atoms with Crippen molar-refractivity contribution in [1.82, 2.24) is 24.6 Å². The summed E-state index contributed by atoms with van der Waals surface area (Å²) in [6.45, 7) is 5.94. The van der Waals surface area contributed by atoms with Crippen molar-refractivity contribution in [3.8, 4) is 5.69 Å². The average Bonchev–Trinajstić information content (AvgIpc) is 3.17. The molecule has 0 spiro atoms. The minimum atomic E-state index is 0.851. The molecule has 0 aliphatic rings. The number of hydrogen-bond acceptors (Lipinski definition) is 3. The largest absolute Gasteiger partial charge is 0.357 e. The van der Waals surface area contributed by atoms with Gasteiger partial charge < -0.3 is 4.98 Å². The molecule has 1 aromatic carbocycles. The van der Waals surface area contributed by atoms with Crippen LogP contribution < -0.4 is 0 Å². The number of H-pyrrole nitrogens is 1. The van der Waals surface area contributed by atoms with Crippen molar-refractivity contribution >= 4 is 10.9 Å². The van der Waals surface area contributed by atoms with Gasteiger partial charge in [-0.3, -0.25) is 9.88 Å². The number of nitrogens with zero attached hydrogens (tertiary/aromatic N) is 4. The Morgan fingerprint density at radius 2 is 1.88 bits per heavy atom. The fourth-order valence-corrected chi connectivity index (χ4v) is 3.46. The Morgan fingerprint density at radius 1 is 1.08 bits per heavy atom. The van der Waals surface area contributed by atoms with Crippen molar-refractivity contribution < 1.29 is 0 Å². The Bertz CT molecular complexity index is 996. The molecule has 0 bridgehead atoms. The predicted octanol–water partition coefficient (Wildman–Crippen LogP) is 4.00. The van der Waals surface area contributed by atoms with Gasteiger partial charge >= 0.3 is 0 Å². The first-order valence-electron chi connectivity index (χ1n) is 8.82. The number of rotatable bonds is 5. The summed E-state index contributed by atoms with van der Waals surface area (Å²) in [7, 11) is 2.14. The fraction of sp³-hybridized carbons (Fsp3) is 0.238. The molecule has 0 saturated heterocycles. The Labute approximate surface area is 153 Å². The topological polar surface area (TPSA) is 49.7 Å². The maximum atomic E-state index is 4.75. The van der Waals surface area contributed by atoms with E-state index in [0.29, 0.717) is 0 Å². The monoisotopic (exact) mass is 345 g/mol. The predicted molar refractivity (Wildman–Crippen MR) is 104 cm³/mol. The number of aromatic amines is 1. The molecular formula is C21H23N5. The van der Waals surface area contributed by atoms with E-state index in [4.69, 9.17) is 5.10 Å². The zero-order valence-corrected chi connectivity index (χ0v) is 15.4. The van der Waals surface area contributed by atoms with Crippen molar-refractivity contribution in [2.75, 3.05) is 7.05 Å². The highest BCUT2D eigenvalue weighted by Crippen LogP contribution is 2.20. The van der Waals surface area contributed by atoms with Crippen LogP contribution in [0.1, 0.15) is 22.6 Å². The van der Waals surface area contributed by atoms with Crippen LogP contribution >= 0.6 is 0 Å². The molecule has 0 saturated carbocycles. The first-order chi connectivity index (χ1) is 12.6. The number of benzene rings is 1. The molecule has 3 aromatic heterocycles. The summed E-state index contributed by atoms with van der Waals surface area (Å²) in [5, 5.41) is 5.90. The molecule has 0 atom stereocenters. The van der Waals surface area contributed by atoms with E-state index >= 15 is 0 Å². The zero-order chi connectivity index (χ0) is 18.1. The molecule has 0 unspecified atom stereocenters. The number of aromatic nitrogens is 4. The average molecular weight is 345 g/mol. The maximum absolute atomic E-state index is 4.75. The van der Waals surface area contributed by atoms with Gasteiger partial charge in [-0.2, -0.15) is 5.10 Å². The van der Waals surface area contributed by atoms with Crippen LogP contribution in [0.4, 0.5) is 0 Å². The van der Waals surface area contributed by atoms with Gasteiger partial charge in [-0.25, -0.2) is 4.68 Å². The van der Waals surface area contributed by atoms with E-state index in [1.54, 1.807) is 0 Å². The highest BCUT2D eigenvalue weighted by atomic mass is 15.3. The molecule has 4 aromatic rings. The number of pyridine rings is 1. The molecule has 0 aliphatic heterocycles. The van der Waals surface area contributed by atoms with Gasteiger partial charge in [-0.05, 0) is 45.2 Å². The molecule has 5 heteroatoms. The molecule has 1 N–H and O–H groups in total. The maximum Gasteiger partial charge on any atom is 0.0648 e. The quantitative estimate of drug-likeness (QED) is 0.595. The lowest BCUT2D eigenvalue weighted by Gasteiger charge is -2.16. The Hall–Kier alpha value is -2.92. The minimum Gasteiger partial charge on any atom is -0.357 e. The number of fused-ring (bicyclic) bond motifs is 1. The zero-order valence-electron chi connectivity index (χ0n) is 15.4. The van der Waals surface area contributed by atoms with E-state index in [9.17, 15) is 0 Å². The van der Waals surface area contributed by atoms with Gasteiger partial charge in [0.1, 0.15) is 0 Å². The first kappa shape index (κ1) is 16.5.